The lowest BCUT2D eigenvalue weighted by Gasteiger charge is -2.10. The molecule has 0 heterocycles. The van der Waals surface area contributed by atoms with Crippen LogP contribution < -0.4 is 10.1 Å². The normalized spacial score (nSPS) is 10.2. The highest BCUT2D eigenvalue weighted by Gasteiger charge is 2.15. The van der Waals surface area contributed by atoms with Crippen molar-refractivity contribution in [3.8, 4) is 5.75 Å². The summed E-state index contributed by atoms with van der Waals surface area (Å²) in [4.78, 5) is 35.0. The number of non-ortho nitro benzene ring substituents is 1. The molecule has 0 aliphatic carbocycles. The van der Waals surface area contributed by atoms with Crippen molar-refractivity contribution in [1.29, 1.82) is 0 Å². The zero-order chi connectivity index (χ0) is 20.7. The Labute approximate surface area is 173 Å². The molecule has 0 aliphatic heterocycles. The molecule has 0 radical (unpaired) electrons. The molecule has 0 bridgehead atoms. The average Bonchev–Trinajstić information content (AvgIpc) is 2.65. The minimum atomic E-state index is -0.578. The number of hydrogen-bond donors (Lipinski definition) is 1. The molecule has 2 aromatic rings. The quantitative estimate of drug-likeness (QED) is 0.270. The molecule has 0 spiro atoms. The molecule has 0 saturated heterocycles. The van der Waals surface area contributed by atoms with Crippen LogP contribution in [-0.2, 0) is 14.3 Å². The van der Waals surface area contributed by atoms with Crippen molar-refractivity contribution in [2.75, 3.05) is 24.8 Å². The summed E-state index contributed by atoms with van der Waals surface area (Å²) >= 11 is 4.70. The van der Waals surface area contributed by atoms with Gasteiger partial charge in [0.25, 0.3) is 11.6 Å². The number of nitro groups is 1. The number of anilines is 1. The number of amides is 1. The Kier molecular flexibility index (Phi) is 7.82. The number of esters is 1. The van der Waals surface area contributed by atoms with Crippen molar-refractivity contribution in [2.24, 2.45) is 0 Å². The van der Waals surface area contributed by atoms with Crippen LogP contribution in [-0.4, -0.2) is 36.3 Å². The Morgan fingerprint density at radius 2 is 2.00 bits per heavy atom. The van der Waals surface area contributed by atoms with Crippen LogP contribution in [0.3, 0.4) is 0 Å². The molecule has 8 nitrogen and oxygen atoms in total. The number of methoxy groups -OCH3 is 1. The number of rotatable bonds is 8. The van der Waals surface area contributed by atoms with Gasteiger partial charge in [0.15, 0.2) is 6.61 Å². The lowest BCUT2D eigenvalue weighted by atomic mass is 10.2. The van der Waals surface area contributed by atoms with E-state index in [-0.39, 0.29) is 22.9 Å². The van der Waals surface area contributed by atoms with Crippen LogP contribution in [0.15, 0.2) is 45.8 Å². The van der Waals surface area contributed by atoms with Gasteiger partial charge in [0, 0.05) is 15.4 Å². The summed E-state index contributed by atoms with van der Waals surface area (Å²) in [7, 11) is 1.33. The molecule has 0 aliphatic rings. The molecule has 28 heavy (non-hydrogen) atoms. The number of halogens is 1. The molecular formula is C18H17BrN2O6S. The predicted octanol–water partition coefficient (Wildman–Crippen LogP) is 3.95. The van der Waals surface area contributed by atoms with Crippen LogP contribution in [0.4, 0.5) is 11.4 Å². The van der Waals surface area contributed by atoms with Gasteiger partial charge >= 0.3 is 5.97 Å². The van der Waals surface area contributed by atoms with E-state index in [9.17, 15) is 19.7 Å². The lowest BCUT2D eigenvalue weighted by Crippen LogP contribution is -2.22. The number of aryl methyl sites for hydroxylation is 1. The second-order valence-electron chi connectivity index (χ2n) is 5.55. The zero-order valence-electron chi connectivity index (χ0n) is 15.1. The Hall–Kier alpha value is -2.59. The Morgan fingerprint density at radius 3 is 2.64 bits per heavy atom. The number of nitro benzene ring substituents is 1. The Balaban J connectivity index is 1.85. The minimum Gasteiger partial charge on any atom is -0.494 e. The first-order chi connectivity index (χ1) is 13.3. The molecule has 0 aromatic heterocycles. The van der Waals surface area contributed by atoms with Gasteiger partial charge in [0.1, 0.15) is 5.75 Å². The van der Waals surface area contributed by atoms with E-state index in [1.165, 1.54) is 37.1 Å². The third-order valence-corrected chi connectivity index (χ3v) is 5.16. The highest BCUT2D eigenvalue weighted by molar-refractivity contribution is 9.10. The first-order valence-corrected chi connectivity index (χ1v) is 9.75. The fraction of sp³-hybridized carbons (Fsp3) is 0.222. The van der Waals surface area contributed by atoms with Crippen molar-refractivity contribution in [2.45, 2.75) is 11.8 Å². The first-order valence-electron chi connectivity index (χ1n) is 7.97. The molecule has 10 heteroatoms. The number of hydrogen-bond acceptors (Lipinski definition) is 7. The number of carbonyl (C=O) groups is 2. The monoisotopic (exact) mass is 468 g/mol. The number of carbonyl (C=O) groups excluding carboxylic acids is 2. The van der Waals surface area contributed by atoms with Crippen LogP contribution >= 0.6 is 27.7 Å². The second kappa shape index (κ2) is 10.1. The number of benzene rings is 2. The SMILES string of the molecule is COc1cc([N+](=O)[O-])ccc1NC(=O)COC(=O)CSc1ccc(Br)cc1C. The van der Waals surface area contributed by atoms with E-state index in [0.717, 1.165) is 14.9 Å². The summed E-state index contributed by atoms with van der Waals surface area (Å²) in [5.41, 5.74) is 1.10. The van der Waals surface area contributed by atoms with Gasteiger partial charge in [-0.2, -0.15) is 0 Å². The van der Waals surface area contributed by atoms with E-state index in [0.29, 0.717) is 0 Å². The van der Waals surface area contributed by atoms with Crippen molar-refractivity contribution in [3.05, 3.63) is 56.5 Å². The van der Waals surface area contributed by atoms with Crippen molar-refractivity contribution >= 4 is 50.9 Å². The topological polar surface area (TPSA) is 108 Å². The smallest absolute Gasteiger partial charge is 0.316 e. The van der Waals surface area contributed by atoms with Crippen molar-refractivity contribution in [3.63, 3.8) is 0 Å². The van der Waals surface area contributed by atoms with E-state index in [1.807, 2.05) is 25.1 Å². The minimum absolute atomic E-state index is 0.0661. The molecule has 0 saturated carbocycles. The summed E-state index contributed by atoms with van der Waals surface area (Å²) < 4.78 is 11.0. The fourth-order valence-electron chi connectivity index (χ4n) is 2.18. The molecule has 148 valence electrons. The largest absolute Gasteiger partial charge is 0.494 e. The van der Waals surface area contributed by atoms with Crippen molar-refractivity contribution < 1.29 is 24.0 Å². The van der Waals surface area contributed by atoms with Crippen LogP contribution in [0.25, 0.3) is 0 Å². The summed E-state index contributed by atoms with van der Waals surface area (Å²) in [6.07, 6.45) is 0. The van der Waals surface area contributed by atoms with Gasteiger partial charge in [-0.25, -0.2) is 0 Å². The molecular weight excluding hydrogens is 452 g/mol. The van der Waals surface area contributed by atoms with E-state index in [1.54, 1.807) is 0 Å². The predicted molar refractivity (Wildman–Crippen MR) is 109 cm³/mol. The molecule has 0 atom stereocenters. The van der Waals surface area contributed by atoms with Gasteiger partial charge in [-0.05, 0) is 36.8 Å². The molecule has 1 N–H and O–H groups in total. The first kappa shape index (κ1) is 21.7. The standard InChI is InChI=1S/C18H17BrN2O6S/c1-11-7-12(19)3-6-16(11)28-10-18(23)27-9-17(22)20-14-5-4-13(21(24)25)8-15(14)26-2/h3-8H,9-10H2,1-2H3,(H,20,22). The molecule has 0 unspecified atom stereocenters. The number of nitrogens with zero attached hydrogens (tertiary/aromatic N) is 1. The van der Waals surface area contributed by atoms with E-state index < -0.39 is 23.4 Å². The molecule has 2 rings (SSSR count). The van der Waals surface area contributed by atoms with Crippen LogP contribution in [0.1, 0.15) is 5.56 Å². The summed E-state index contributed by atoms with van der Waals surface area (Å²) in [6, 6.07) is 9.50. The molecule has 1 amide bonds. The van der Waals surface area contributed by atoms with Gasteiger partial charge < -0.3 is 14.8 Å². The van der Waals surface area contributed by atoms with Crippen LogP contribution in [0, 0.1) is 17.0 Å². The summed E-state index contributed by atoms with van der Waals surface area (Å²) in [5.74, 6) is -0.907. The average molecular weight is 469 g/mol. The summed E-state index contributed by atoms with van der Waals surface area (Å²) in [5, 5.41) is 13.3. The number of thioether (sulfide) groups is 1. The lowest BCUT2D eigenvalue weighted by molar-refractivity contribution is -0.384. The Morgan fingerprint density at radius 1 is 1.25 bits per heavy atom. The maximum atomic E-state index is 12.0. The highest BCUT2D eigenvalue weighted by Crippen LogP contribution is 2.29. The van der Waals surface area contributed by atoms with E-state index in [4.69, 9.17) is 9.47 Å². The maximum Gasteiger partial charge on any atom is 0.316 e. The maximum absolute atomic E-state index is 12.0. The highest BCUT2D eigenvalue weighted by atomic mass is 79.9. The second-order valence-corrected chi connectivity index (χ2v) is 7.48. The summed E-state index contributed by atoms with van der Waals surface area (Å²) in [6.45, 7) is 1.46. The third-order valence-electron chi connectivity index (χ3n) is 3.52. The van der Waals surface area contributed by atoms with Crippen molar-refractivity contribution in [1.82, 2.24) is 0 Å². The van der Waals surface area contributed by atoms with Gasteiger partial charge in [0.05, 0.1) is 29.5 Å². The zero-order valence-corrected chi connectivity index (χ0v) is 17.5. The number of ether oxygens (including phenoxy) is 2. The van der Waals surface area contributed by atoms with E-state index >= 15 is 0 Å². The third kappa shape index (κ3) is 6.24. The van der Waals surface area contributed by atoms with Gasteiger partial charge in [-0.1, -0.05) is 15.9 Å². The Bertz CT molecular complexity index is 906. The van der Waals surface area contributed by atoms with Gasteiger partial charge in [-0.15, -0.1) is 11.8 Å². The molecule has 2 aromatic carbocycles. The van der Waals surface area contributed by atoms with Crippen LogP contribution in [0.5, 0.6) is 5.75 Å². The van der Waals surface area contributed by atoms with E-state index in [2.05, 4.69) is 21.2 Å². The fourth-order valence-corrected chi connectivity index (χ4v) is 3.47. The van der Waals surface area contributed by atoms with Gasteiger partial charge in [-0.3, -0.25) is 19.7 Å². The van der Waals surface area contributed by atoms with Gasteiger partial charge in [0.2, 0.25) is 0 Å². The number of nitrogens with one attached hydrogen (secondary N) is 1. The molecule has 0 fully saturated rings. The van der Waals surface area contributed by atoms with Crippen LogP contribution in [0.2, 0.25) is 0 Å².